The van der Waals surface area contributed by atoms with E-state index in [2.05, 4.69) is 20.8 Å². The highest BCUT2D eigenvalue weighted by Gasteiger charge is 2.65. The maximum Gasteiger partial charge on any atom is 0.306 e. The van der Waals surface area contributed by atoms with Crippen molar-refractivity contribution in [3.8, 4) is 0 Å². The summed E-state index contributed by atoms with van der Waals surface area (Å²) < 4.78 is 5.33. The van der Waals surface area contributed by atoms with Crippen LogP contribution in [0.1, 0.15) is 92.4 Å². The fourth-order valence-corrected chi connectivity index (χ4v) is 9.00. The van der Waals surface area contributed by atoms with Crippen LogP contribution in [0.4, 0.5) is 0 Å². The van der Waals surface area contributed by atoms with Crippen molar-refractivity contribution in [3.63, 3.8) is 0 Å². The largest absolute Gasteiger partial charge is 0.463 e. The number of aliphatic hydroxyl groups excluding tert-OH is 3. The molecule has 4 aliphatic rings. The van der Waals surface area contributed by atoms with E-state index in [4.69, 9.17) is 4.74 Å². The molecule has 4 fully saturated rings. The quantitative estimate of drug-likeness (QED) is 0.543. The summed E-state index contributed by atoms with van der Waals surface area (Å²) in [6.07, 6.45) is 6.50. The Labute approximate surface area is 194 Å². The minimum Gasteiger partial charge on any atom is -0.463 e. The first-order valence-electron chi connectivity index (χ1n) is 13.2. The zero-order chi connectivity index (χ0) is 23.4. The van der Waals surface area contributed by atoms with Gasteiger partial charge < -0.3 is 20.1 Å². The molecule has 4 aliphatic carbocycles. The lowest BCUT2D eigenvalue weighted by Gasteiger charge is -2.63. The molecule has 4 rings (SSSR count). The highest BCUT2D eigenvalue weighted by atomic mass is 16.5. The summed E-state index contributed by atoms with van der Waals surface area (Å²) in [6.45, 7) is 10.6. The van der Waals surface area contributed by atoms with E-state index < -0.39 is 0 Å². The van der Waals surface area contributed by atoms with E-state index in [-0.39, 0.29) is 47.1 Å². The molecule has 32 heavy (non-hydrogen) atoms. The van der Waals surface area contributed by atoms with E-state index in [1.807, 2.05) is 13.8 Å². The molecule has 5 nitrogen and oxygen atoms in total. The van der Waals surface area contributed by atoms with Crippen molar-refractivity contribution < 1.29 is 24.9 Å². The van der Waals surface area contributed by atoms with Crippen molar-refractivity contribution in [2.24, 2.45) is 46.3 Å². The average molecular weight is 451 g/mol. The first-order valence-corrected chi connectivity index (χ1v) is 13.2. The third kappa shape index (κ3) is 3.94. The van der Waals surface area contributed by atoms with Crippen LogP contribution in [0.25, 0.3) is 0 Å². The molecule has 0 bridgehead atoms. The van der Waals surface area contributed by atoms with Gasteiger partial charge in [0.1, 0.15) is 0 Å². The SMILES string of the molecule is CC(C)OC(=O)CCC(C)C1CCC2C3C(O)CC4CC(O)CCC4(C)C3CC(O)C12C. The fraction of sp³-hybridized carbons (Fsp3) is 0.963. The summed E-state index contributed by atoms with van der Waals surface area (Å²) in [5.41, 5.74) is -0.101. The third-order valence-corrected chi connectivity index (χ3v) is 10.7. The van der Waals surface area contributed by atoms with Crippen LogP contribution < -0.4 is 0 Å². The molecule has 11 atom stereocenters. The molecule has 0 amide bonds. The van der Waals surface area contributed by atoms with Crippen molar-refractivity contribution in [2.45, 2.75) is 117 Å². The molecule has 0 heterocycles. The van der Waals surface area contributed by atoms with Crippen molar-refractivity contribution in [1.29, 1.82) is 0 Å². The van der Waals surface area contributed by atoms with Crippen LogP contribution in [-0.2, 0) is 9.53 Å². The Bertz CT molecular complexity index is 694. The Kier molecular flexibility index (Phi) is 6.77. The van der Waals surface area contributed by atoms with Crippen LogP contribution in [0.5, 0.6) is 0 Å². The zero-order valence-electron chi connectivity index (χ0n) is 20.8. The number of carbonyl (C=O) groups excluding carboxylic acids is 1. The Balaban J connectivity index is 1.52. The summed E-state index contributed by atoms with van der Waals surface area (Å²) >= 11 is 0. The van der Waals surface area contributed by atoms with Gasteiger partial charge >= 0.3 is 5.97 Å². The predicted octanol–water partition coefficient (Wildman–Crippen LogP) is 4.32. The number of ether oxygens (including phenoxy) is 1. The summed E-state index contributed by atoms with van der Waals surface area (Å²) in [5.74, 6) is 1.81. The second kappa shape index (κ2) is 8.85. The van der Waals surface area contributed by atoms with Gasteiger partial charge in [0.05, 0.1) is 24.4 Å². The fourth-order valence-electron chi connectivity index (χ4n) is 9.00. The number of rotatable bonds is 5. The Morgan fingerprint density at radius 3 is 2.41 bits per heavy atom. The van der Waals surface area contributed by atoms with E-state index in [1.54, 1.807) is 0 Å². The van der Waals surface area contributed by atoms with Crippen molar-refractivity contribution >= 4 is 5.97 Å². The molecule has 0 radical (unpaired) electrons. The molecule has 0 aliphatic heterocycles. The van der Waals surface area contributed by atoms with E-state index in [0.717, 1.165) is 51.4 Å². The lowest BCUT2D eigenvalue weighted by atomic mass is 9.43. The van der Waals surface area contributed by atoms with E-state index in [0.29, 0.717) is 36.0 Å². The number of carbonyl (C=O) groups is 1. The predicted molar refractivity (Wildman–Crippen MR) is 124 cm³/mol. The topological polar surface area (TPSA) is 87.0 Å². The minimum absolute atomic E-state index is 0.0813. The Hall–Kier alpha value is -0.650. The van der Waals surface area contributed by atoms with Crippen LogP contribution in [-0.4, -0.2) is 45.7 Å². The first kappa shape index (κ1) is 24.5. The van der Waals surface area contributed by atoms with Gasteiger partial charge in [-0.2, -0.15) is 0 Å². The molecule has 0 saturated heterocycles. The number of aliphatic hydroxyl groups is 3. The highest BCUT2D eigenvalue weighted by Crippen LogP contribution is 2.68. The maximum absolute atomic E-state index is 12.1. The Morgan fingerprint density at radius 1 is 1.00 bits per heavy atom. The van der Waals surface area contributed by atoms with Crippen LogP contribution >= 0.6 is 0 Å². The third-order valence-electron chi connectivity index (χ3n) is 10.7. The van der Waals surface area contributed by atoms with Crippen molar-refractivity contribution in [1.82, 2.24) is 0 Å². The van der Waals surface area contributed by atoms with Gasteiger partial charge in [-0.1, -0.05) is 20.8 Å². The second-order valence-electron chi connectivity index (χ2n) is 12.6. The summed E-state index contributed by atoms with van der Waals surface area (Å²) in [5, 5.41) is 33.2. The normalized spacial score (nSPS) is 49.2. The van der Waals surface area contributed by atoms with Crippen molar-refractivity contribution in [3.05, 3.63) is 0 Å². The number of hydrogen-bond donors (Lipinski definition) is 3. The molecule has 184 valence electrons. The van der Waals surface area contributed by atoms with Crippen LogP contribution in [0.2, 0.25) is 0 Å². The number of esters is 1. The molecule has 0 aromatic carbocycles. The number of fused-ring (bicyclic) bond motifs is 5. The molecule has 5 heteroatoms. The van der Waals surface area contributed by atoms with Crippen LogP contribution in [0, 0.1) is 46.3 Å². The monoisotopic (exact) mass is 450 g/mol. The molecule has 0 spiro atoms. The Morgan fingerprint density at radius 2 is 1.72 bits per heavy atom. The molecule has 4 saturated carbocycles. The van der Waals surface area contributed by atoms with Gasteiger partial charge in [0.2, 0.25) is 0 Å². The van der Waals surface area contributed by atoms with Gasteiger partial charge in [-0.25, -0.2) is 0 Å². The van der Waals surface area contributed by atoms with Gasteiger partial charge in [0.25, 0.3) is 0 Å². The standard InChI is InChI=1S/C27H46O5/c1-15(2)32-24(31)9-6-16(3)19-7-8-20-25-21(14-23(30)27(19,20)5)26(4)11-10-18(28)12-17(26)13-22(25)29/h15-23,25,28-30H,6-14H2,1-5H3. The smallest absolute Gasteiger partial charge is 0.306 e. The summed E-state index contributed by atoms with van der Waals surface area (Å²) in [7, 11) is 0. The van der Waals surface area contributed by atoms with Gasteiger partial charge in [-0.15, -0.1) is 0 Å². The second-order valence-corrected chi connectivity index (χ2v) is 12.6. The molecule has 0 aromatic rings. The lowest BCUT2D eigenvalue weighted by Crippen LogP contribution is -2.62. The van der Waals surface area contributed by atoms with Gasteiger partial charge in [-0.05, 0) is 112 Å². The van der Waals surface area contributed by atoms with Gasteiger partial charge in [0.15, 0.2) is 0 Å². The first-order chi connectivity index (χ1) is 15.0. The lowest BCUT2D eigenvalue weighted by molar-refractivity contribution is -0.207. The highest BCUT2D eigenvalue weighted by molar-refractivity contribution is 5.69. The molecular weight excluding hydrogens is 404 g/mol. The maximum atomic E-state index is 12.1. The van der Waals surface area contributed by atoms with E-state index in [1.165, 1.54) is 0 Å². The van der Waals surface area contributed by atoms with Gasteiger partial charge in [0, 0.05) is 6.42 Å². The zero-order valence-corrected chi connectivity index (χ0v) is 20.8. The molecule has 3 N–H and O–H groups in total. The van der Waals surface area contributed by atoms with E-state index >= 15 is 0 Å². The van der Waals surface area contributed by atoms with Gasteiger partial charge in [-0.3, -0.25) is 4.79 Å². The molecule has 11 unspecified atom stereocenters. The summed E-state index contributed by atoms with van der Waals surface area (Å²) in [4.78, 5) is 12.1. The van der Waals surface area contributed by atoms with Crippen LogP contribution in [0.3, 0.4) is 0 Å². The average Bonchev–Trinajstić information content (AvgIpc) is 3.06. The minimum atomic E-state index is -0.374. The van der Waals surface area contributed by atoms with Crippen LogP contribution in [0.15, 0.2) is 0 Å². The summed E-state index contributed by atoms with van der Waals surface area (Å²) in [6, 6.07) is 0. The molecule has 0 aromatic heterocycles. The molecular formula is C27H46O5. The number of hydrogen-bond acceptors (Lipinski definition) is 5. The van der Waals surface area contributed by atoms with Crippen molar-refractivity contribution in [2.75, 3.05) is 0 Å². The van der Waals surface area contributed by atoms with E-state index in [9.17, 15) is 20.1 Å².